The van der Waals surface area contributed by atoms with Crippen molar-refractivity contribution < 1.29 is 19.1 Å². The lowest BCUT2D eigenvalue weighted by atomic mass is 9.95. The van der Waals surface area contributed by atoms with E-state index in [0.717, 1.165) is 40.7 Å². The minimum absolute atomic E-state index is 0.0429. The van der Waals surface area contributed by atoms with E-state index >= 15 is 0 Å². The third-order valence-electron chi connectivity index (χ3n) is 7.66. The van der Waals surface area contributed by atoms with Crippen molar-refractivity contribution in [3.05, 3.63) is 101 Å². The molecule has 2 N–H and O–H groups in total. The number of carbonyl (C=O) groups excluding carboxylic acids is 3. The Balaban J connectivity index is 1.36. The van der Waals surface area contributed by atoms with E-state index in [1.54, 1.807) is 13.1 Å². The molecule has 1 aliphatic heterocycles. The largest absolute Gasteiger partial charge is 0.466 e. The first-order valence-electron chi connectivity index (χ1n) is 14.5. The lowest BCUT2D eigenvalue weighted by molar-refractivity contribution is -0.143. The number of nitrogens with one attached hydrogen (secondary N) is 2. The smallest absolute Gasteiger partial charge is 0.306 e. The minimum atomic E-state index is -0.382. The number of carbonyl (C=O) groups is 3. The van der Waals surface area contributed by atoms with Gasteiger partial charge in [-0.3, -0.25) is 14.4 Å². The lowest BCUT2D eigenvalue weighted by Crippen LogP contribution is -2.34. The number of ketones is 1. The molecule has 1 aliphatic rings. The monoisotopic (exact) mass is 551 g/mol. The van der Waals surface area contributed by atoms with E-state index in [9.17, 15) is 14.4 Å². The molecule has 7 heteroatoms. The van der Waals surface area contributed by atoms with Crippen molar-refractivity contribution in [1.29, 1.82) is 0 Å². The third kappa shape index (κ3) is 6.85. The molecule has 1 atom stereocenters. The van der Waals surface area contributed by atoms with Crippen LogP contribution in [0.5, 0.6) is 0 Å². The van der Waals surface area contributed by atoms with Gasteiger partial charge in [-0.2, -0.15) is 0 Å². The molecule has 41 heavy (non-hydrogen) atoms. The summed E-state index contributed by atoms with van der Waals surface area (Å²) in [5, 5.41) is 4.06. The molecule has 0 spiro atoms. The summed E-state index contributed by atoms with van der Waals surface area (Å²) < 4.78 is 4.95. The number of esters is 1. The van der Waals surface area contributed by atoms with Gasteiger partial charge in [0.2, 0.25) is 5.91 Å². The Kier molecular flexibility index (Phi) is 9.14. The van der Waals surface area contributed by atoms with Gasteiger partial charge in [-0.15, -0.1) is 0 Å². The van der Waals surface area contributed by atoms with Crippen LogP contribution in [0.4, 0.5) is 5.69 Å². The Labute approximate surface area is 240 Å². The van der Waals surface area contributed by atoms with Crippen LogP contribution in [0.15, 0.2) is 79.0 Å². The van der Waals surface area contributed by atoms with Crippen molar-refractivity contribution in [3.63, 3.8) is 0 Å². The van der Waals surface area contributed by atoms with E-state index in [4.69, 9.17) is 4.74 Å². The summed E-state index contributed by atoms with van der Waals surface area (Å²) in [6.45, 7) is 4.07. The SMILES string of the molecule is CCOC(=O)CCC(=O)c1c[nH]c2ccc(CC(=O)NC(c3ccccc3)c3ccccc3N3CCCCC3)cc12. The minimum Gasteiger partial charge on any atom is -0.466 e. The fourth-order valence-electron chi connectivity index (χ4n) is 5.63. The zero-order chi connectivity index (χ0) is 28.6. The van der Waals surface area contributed by atoms with Crippen LogP contribution in [-0.4, -0.2) is 42.3 Å². The number of hydrogen-bond acceptors (Lipinski definition) is 5. The fraction of sp³-hybridized carbons (Fsp3) is 0.324. The van der Waals surface area contributed by atoms with Gasteiger partial charge < -0.3 is 19.9 Å². The number of aromatic nitrogens is 1. The number of H-pyrrole nitrogens is 1. The van der Waals surface area contributed by atoms with Crippen LogP contribution in [0.2, 0.25) is 0 Å². The van der Waals surface area contributed by atoms with Gasteiger partial charge in [0.15, 0.2) is 5.78 Å². The summed E-state index contributed by atoms with van der Waals surface area (Å²) in [6, 6.07) is 23.8. The predicted octanol–water partition coefficient (Wildman–Crippen LogP) is 6.13. The lowest BCUT2D eigenvalue weighted by Gasteiger charge is -2.33. The Morgan fingerprint density at radius 2 is 1.68 bits per heavy atom. The van der Waals surface area contributed by atoms with Gasteiger partial charge in [-0.05, 0) is 55.5 Å². The number of Topliss-reactive ketones (excluding diaryl/α,β-unsaturated/α-hetero) is 1. The molecule has 1 amide bonds. The Morgan fingerprint density at radius 1 is 0.927 bits per heavy atom. The fourth-order valence-corrected chi connectivity index (χ4v) is 5.63. The average Bonchev–Trinajstić information content (AvgIpc) is 3.43. The standard InChI is InChI=1S/C34H37N3O4/c1-2-41-33(40)18-17-31(38)28-23-35-29-16-15-24(21-27(28)29)22-32(39)36-34(25-11-5-3-6-12-25)26-13-7-8-14-30(26)37-19-9-4-10-20-37/h3,5-8,11-16,21,23,34-35H,2,4,9-10,17-20,22H2,1H3,(H,36,39). The highest BCUT2D eigenvalue weighted by molar-refractivity contribution is 6.08. The molecule has 0 radical (unpaired) electrons. The molecular formula is C34H37N3O4. The van der Waals surface area contributed by atoms with Crippen molar-refractivity contribution in [1.82, 2.24) is 10.3 Å². The van der Waals surface area contributed by atoms with E-state index in [1.807, 2.05) is 42.5 Å². The van der Waals surface area contributed by atoms with Crippen LogP contribution in [-0.2, 0) is 20.7 Å². The molecule has 212 valence electrons. The molecule has 1 unspecified atom stereocenters. The molecule has 2 heterocycles. The zero-order valence-electron chi connectivity index (χ0n) is 23.5. The van der Waals surface area contributed by atoms with E-state index in [0.29, 0.717) is 12.2 Å². The number of rotatable bonds is 11. The van der Waals surface area contributed by atoms with Gasteiger partial charge in [0.1, 0.15) is 0 Å². The second-order valence-corrected chi connectivity index (χ2v) is 10.5. The van der Waals surface area contributed by atoms with Gasteiger partial charge in [0.25, 0.3) is 0 Å². The first kappa shape index (κ1) is 28.1. The quantitative estimate of drug-likeness (QED) is 0.173. The maximum absolute atomic E-state index is 13.5. The van der Waals surface area contributed by atoms with Crippen molar-refractivity contribution in [2.24, 2.45) is 0 Å². The van der Waals surface area contributed by atoms with E-state index < -0.39 is 0 Å². The van der Waals surface area contributed by atoms with E-state index in [2.05, 4.69) is 45.5 Å². The molecule has 1 saturated heterocycles. The maximum Gasteiger partial charge on any atom is 0.306 e. The predicted molar refractivity (Wildman–Crippen MR) is 161 cm³/mol. The molecule has 1 fully saturated rings. The number of para-hydroxylation sites is 1. The molecule has 1 aromatic heterocycles. The molecule has 0 aliphatic carbocycles. The summed E-state index contributed by atoms with van der Waals surface area (Å²) in [5.74, 6) is -0.616. The number of benzene rings is 3. The molecule has 4 aromatic rings. The number of aromatic amines is 1. The van der Waals surface area contributed by atoms with Gasteiger partial charge >= 0.3 is 5.97 Å². The molecular weight excluding hydrogens is 514 g/mol. The Bertz CT molecular complexity index is 1500. The highest BCUT2D eigenvalue weighted by atomic mass is 16.5. The van der Waals surface area contributed by atoms with Gasteiger partial charge in [0.05, 0.1) is 25.5 Å². The topological polar surface area (TPSA) is 91.5 Å². The number of nitrogens with zero attached hydrogens (tertiary/aromatic N) is 1. The molecule has 5 rings (SSSR count). The normalized spacial score (nSPS) is 14.0. The first-order chi connectivity index (χ1) is 20.0. The van der Waals surface area contributed by atoms with Crippen LogP contribution in [0.3, 0.4) is 0 Å². The summed E-state index contributed by atoms with van der Waals surface area (Å²) in [7, 11) is 0. The van der Waals surface area contributed by atoms with Crippen LogP contribution in [0, 0.1) is 0 Å². The van der Waals surface area contributed by atoms with Crippen LogP contribution < -0.4 is 10.2 Å². The van der Waals surface area contributed by atoms with E-state index in [-0.39, 0.29) is 43.0 Å². The number of hydrogen-bond donors (Lipinski definition) is 2. The molecule has 0 bridgehead atoms. The number of ether oxygens (including phenoxy) is 1. The number of anilines is 1. The highest BCUT2D eigenvalue weighted by Crippen LogP contribution is 2.32. The first-order valence-corrected chi connectivity index (χ1v) is 14.5. The van der Waals surface area contributed by atoms with Gasteiger partial charge in [-0.1, -0.05) is 54.6 Å². The second kappa shape index (κ2) is 13.3. The van der Waals surface area contributed by atoms with Crippen LogP contribution in [0.1, 0.15) is 72.1 Å². The summed E-state index contributed by atoms with van der Waals surface area (Å²) in [6.07, 6.45) is 5.56. The summed E-state index contributed by atoms with van der Waals surface area (Å²) >= 11 is 0. The van der Waals surface area contributed by atoms with Crippen LogP contribution in [0.25, 0.3) is 10.9 Å². The van der Waals surface area contributed by atoms with Crippen molar-refractivity contribution in [2.75, 3.05) is 24.6 Å². The third-order valence-corrected chi connectivity index (χ3v) is 7.66. The van der Waals surface area contributed by atoms with Gasteiger partial charge in [-0.25, -0.2) is 0 Å². The summed E-state index contributed by atoms with van der Waals surface area (Å²) in [4.78, 5) is 43.7. The number of piperidine rings is 1. The number of amides is 1. The molecule has 3 aromatic carbocycles. The van der Waals surface area contributed by atoms with Crippen molar-refractivity contribution >= 4 is 34.3 Å². The van der Waals surface area contributed by atoms with Gasteiger partial charge in [0, 0.05) is 53.4 Å². The van der Waals surface area contributed by atoms with Crippen LogP contribution >= 0.6 is 0 Å². The second-order valence-electron chi connectivity index (χ2n) is 10.5. The maximum atomic E-state index is 13.5. The highest BCUT2D eigenvalue weighted by Gasteiger charge is 2.23. The molecule has 0 saturated carbocycles. The Morgan fingerprint density at radius 3 is 2.46 bits per heavy atom. The number of fused-ring (bicyclic) bond motifs is 1. The zero-order valence-corrected chi connectivity index (χ0v) is 23.5. The van der Waals surface area contributed by atoms with Crippen molar-refractivity contribution in [3.8, 4) is 0 Å². The Hall–Kier alpha value is -4.39. The van der Waals surface area contributed by atoms with E-state index in [1.165, 1.54) is 24.9 Å². The van der Waals surface area contributed by atoms with Crippen molar-refractivity contribution in [2.45, 2.75) is 51.5 Å². The molecule has 7 nitrogen and oxygen atoms in total. The average molecular weight is 552 g/mol. The summed E-state index contributed by atoms with van der Waals surface area (Å²) in [5.41, 5.74) is 5.42.